The number of nitrogens with one attached hydrogen (secondary N) is 1. The Bertz CT molecular complexity index is 1320. The fourth-order valence-corrected chi connectivity index (χ4v) is 5.32. The molecule has 3 aromatic rings. The van der Waals surface area contributed by atoms with Crippen LogP contribution < -0.4 is 19.5 Å². The van der Waals surface area contributed by atoms with E-state index in [4.69, 9.17) is 14.2 Å². The maximum atomic E-state index is 13.2. The van der Waals surface area contributed by atoms with Crippen molar-refractivity contribution in [1.82, 2.24) is 4.90 Å². The molecule has 37 heavy (non-hydrogen) atoms. The average Bonchev–Trinajstić information content (AvgIpc) is 3.50. The van der Waals surface area contributed by atoms with Crippen LogP contribution in [0.25, 0.3) is 0 Å². The number of carboxylic acid groups (broad SMARTS) is 1. The molecule has 1 amide bonds. The third-order valence-corrected chi connectivity index (χ3v) is 7.18. The molecule has 2 aliphatic rings. The summed E-state index contributed by atoms with van der Waals surface area (Å²) in [6, 6.07) is 18.3. The smallest absolute Gasteiger partial charge is 0.309 e. The molecule has 0 aromatic heterocycles. The van der Waals surface area contributed by atoms with Crippen molar-refractivity contribution in [3.63, 3.8) is 0 Å². The first kappa shape index (κ1) is 24.6. The van der Waals surface area contributed by atoms with Gasteiger partial charge in [0.15, 0.2) is 11.5 Å². The number of anilines is 1. The molecule has 8 heteroatoms. The largest absolute Gasteiger partial charge is 0.497 e. The van der Waals surface area contributed by atoms with Gasteiger partial charge in [-0.05, 0) is 66.4 Å². The second-order valence-corrected chi connectivity index (χ2v) is 9.60. The van der Waals surface area contributed by atoms with Gasteiger partial charge in [-0.3, -0.25) is 14.5 Å². The van der Waals surface area contributed by atoms with Gasteiger partial charge in [0.1, 0.15) is 5.75 Å². The highest BCUT2D eigenvalue weighted by Crippen LogP contribution is 2.47. The van der Waals surface area contributed by atoms with E-state index in [0.717, 1.165) is 27.9 Å². The molecule has 192 valence electrons. The van der Waals surface area contributed by atoms with Gasteiger partial charge in [-0.15, -0.1) is 0 Å². The number of hydrogen-bond acceptors (Lipinski definition) is 6. The van der Waals surface area contributed by atoms with Crippen LogP contribution in [0, 0.1) is 19.8 Å². The molecule has 0 bridgehead atoms. The lowest BCUT2D eigenvalue weighted by molar-refractivity contribution is -0.143. The fraction of sp³-hybridized carbons (Fsp3) is 0.310. The summed E-state index contributed by atoms with van der Waals surface area (Å²) in [5.74, 6) is -0.308. The number of carbonyl (C=O) groups excluding carboxylic acids is 1. The molecule has 8 nitrogen and oxygen atoms in total. The summed E-state index contributed by atoms with van der Waals surface area (Å²) in [6.07, 6.45) is 0. The summed E-state index contributed by atoms with van der Waals surface area (Å²) in [7, 11) is 1.59. The van der Waals surface area contributed by atoms with Crippen molar-refractivity contribution in [2.24, 2.45) is 5.92 Å². The van der Waals surface area contributed by atoms with Crippen LogP contribution in [0.4, 0.5) is 5.69 Å². The number of rotatable bonds is 7. The maximum absolute atomic E-state index is 13.2. The summed E-state index contributed by atoms with van der Waals surface area (Å²) >= 11 is 0. The van der Waals surface area contributed by atoms with E-state index >= 15 is 0 Å². The normalized spacial score (nSPS) is 20.6. The summed E-state index contributed by atoms with van der Waals surface area (Å²) < 4.78 is 16.3. The van der Waals surface area contributed by atoms with E-state index in [2.05, 4.69) is 5.32 Å². The van der Waals surface area contributed by atoms with E-state index in [1.165, 1.54) is 0 Å². The molecule has 1 saturated heterocycles. The molecule has 3 atom stereocenters. The molecule has 0 radical (unpaired) electrons. The molecular weight excluding hydrogens is 472 g/mol. The molecule has 2 N–H and O–H groups in total. The van der Waals surface area contributed by atoms with E-state index in [1.807, 2.05) is 79.4 Å². The number of fused-ring (bicyclic) bond motifs is 1. The maximum Gasteiger partial charge on any atom is 0.309 e. The van der Waals surface area contributed by atoms with Gasteiger partial charge in [-0.25, -0.2) is 0 Å². The highest BCUT2D eigenvalue weighted by atomic mass is 16.7. The minimum absolute atomic E-state index is 0.0505. The van der Waals surface area contributed by atoms with Crippen LogP contribution in [0.15, 0.2) is 60.7 Å². The zero-order valence-corrected chi connectivity index (χ0v) is 21.1. The van der Waals surface area contributed by atoms with Gasteiger partial charge < -0.3 is 24.6 Å². The minimum atomic E-state index is -0.916. The van der Waals surface area contributed by atoms with Crippen molar-refractivity contribution in [3.8, 4) is 17.2 Å². The third-order valence-electron chi connectivity index (χ3n) is 7.18. The monoisotopic (exact) mass is 502 g/mol. The average molecular weight is 503 g/mol. The molecule has 0 saturated carbocycles. The summed E-state index contributed by atoms with van der Waals surface area (Å²) in [5, 5.41) is 13.4. The number of nitrogens with zero attached hydrogens (tertiary/aromatic N) is 1. The van der Waals surface area contributed by atoms with Crippen LogP contribution in [-0.4, -0.2) is 48.9 Å². The van der Waals surface area contributed by atoms with Gasteiger partial charge in [0, 0.05) is 24.2 Å². The summed E-state index contributed by atoms with van der Waals surface area (Å²) in [4.78, 5) is 27.9. The summed E-state index contributed by atoms with van der Waals surface area (Å²) in [6.45, 7) is 4.51. The van der Waals surface area contributed by atoms with Crippen LogP contribution >= 0.6 is 0 Å². The highest BCUT2D eigenvalue weighted by Gasteiger charge is 2.48. The Labute approximate surface area is 215 Å². The van der Waals surface area contributed by atoms with Crippen molar-refractivity contribution in [2.45, 2.75) is 25.8 Å². The number of methoxy groups -OCH3 is 1. The van der Waals surface area contributed by atoms with Crippen molar-refractivity contribution in [3.05, 3.63) is 82.9 Å². The van der Waals surface area contributed by atoms with E-state index in [1.54, 1.807) is 7.11 Å². The Kier molecular flexibility index (Phi) is 6.76. The van der Waals surface area contributed by atoms with Crippen LogP contribution in [0.1, 0.15) is 34.2 Å². The third kappa shape index (κ3) is 4.97. The lowest BCUT2D eigenvalue weighted by Gasteiger charge is -2.27. The number of aryl methyl sites for hydroxylation is 2. The number of ether oxygens (including phenoxy) is 3. The first-order valence-electron chi connectivity index (χ1n) is 12.2. The number of amides is 1. The van der Waals surface area contributed by atoms with Gasteiger partial charge in [-0.1, -0.05) is 30.3 Å². The van der Waals surface area contributed by atoms with Crippen LogP contribution in [0.2, 0.25) is 0 Å². The number of carboxylic acids is 1. The molecule has 1 fully saturated rings. The number of benzene rings is 3. The Morgan fingerprint density at radius 1 is 1.00 bits per heavy atom. The number of likely N-dealkylation sites (tertiary alicyclic amines) is 1. The number of aliphatic carboxylic acids is 1. The minimum Gasteiger partial charge on any atom is -0.497 e. The van der Waals surface area contributed by atoms with E-state index in [-0.39, 0.29) is 25.2 Å². The quantitative estimate of drug-likeness (QED) is 0.490. The van der Waals surface area contributed by atoms with Gasteiger partial charge >= 0.3 is 5.97 Å². The van der Waals surface area contributed by atoms with Gasteiger partial charge in [-0.2, -0.15) is 0 Å². The molecule has 2 aliphatic heterocycles. The Hall–Kier alpha value is -4.04. The first-order valence-corrected chi connectivity index (χ1v) is 12.2. The number of carbonyl (C=O) groups is 2. The van der Waals surface area contributed by atoms with Gasteiger partial charge in [0.2, 0.25) is 12.7 Å². The van der Waals surface area contributed by atoms with Crippen LogP contribution in [0.5, 0.6) is 17.2 Å². The summed E-state index contributed by atoms with van der Waals surface area (Å²) in [5.41, 5.74) is 4.43. The molecular formula is C29H30N2O6. The second kappa shape index (κ2) is 10.1. The zero-order chi connectivity index (χ0) is 26.1. The standard InChI is InChI=1S/C29H30N2O6/c1-17-4-5-18(2)23(12-17)30-26(32)15-31-14-22(20-8-11-24-25(13-20)37-16-36-24)27(29(33)34)28(31)19-6-9-21(35-3)10-7-19/h4-13,22,27-28H,14-16H2,1-3H3,(H,30,32)(H,33,34). The van der Waals surface area contributed by atoms with Crippen molar-refractivity contribution < 1.29 is 28.9 Å². The SMILES string of the molecule is COc1ccc(C2C(C(=O)O)C(c3ccc4c(c3)OCO4)CN2CC(=O)Nc2cc(C)ccc2C)cc1. The van der Waals surface area contributed by atoms with Gasteiger partial charge in [0.25, 0.3) is 0 Å². The lowest BCUT2D eigenvalue weighted by Crippen LogP contribution is -2.35. The molecule has 5 rings (SSSR count). The van der Waals surface area contributed by atoms with E-state index < -0.39 is 17.9 Å². The Morgan fingerprint density at radius 3 is 2.46 bits per heavy atom. The number of hydrogen-bond donors (Lipinski definition) is 2. The zero-order valence-electron chi connectivity index (χ0n) is 21.1. The van der Waals surface area contributed by atoms with Crippen molar-refractivity contribution >= 4 is 17.6 Å². The Morgan fingerprint density at radius 2 is 1.73 bits per heavy atom. The van der Waals surface area contributed by atoms with Gasteiger partial charge in [0.05, 0.1) is 19.6 Å². The van der Waals surface area contributed by atoms with Crippen LogP contribution in [-0.2, 0) is 9.59 Å². The van der Waals surface area contributed by atoms with Crippen LogP contribution in [0.3, 0.4) is 0 Å². The fourth-order valence-electron chi connectivity index (χ4n) is 5.32. The molecule has 0 aliphatic carbocycles. The highest BCUT2D eigenvalue weighted by molar-refractivity contribution is 5.93. The van der Waals surface area contributed by atoms with E-state index in [9.17, 15) is 14.7 Å². The predicted molar refractivity (Wildman–Crippen MR) is 138 cm³/mol. The molecule has 3 aromatic carbocycles. The first-order chi connectivity index (χ1) is 17.8. The molecule has 0 spiro atoms. The molecule has 2 heterocycles. The Balaban J connectivity index is 1.48. The topological polar surface area (TPSA) is 97.3 Å². The van der Waals surface area contributed by atoms with E-state index in [0.29, 0.717) is 23.8 Å². The van der Waals surface area contributed by atoms with Crippen molar-refractivity contribution in [2.75, 3.05) is 32.3 Å². The molecule has 3 unspecified atom stereocenters. The predicted octanol–water partition coefficient (Wildman–Crippen LogP) is 4.52. The second-order valence-electron chi connectivity index (χ2n) is 9.60. The lowest BCUT2D eigenvalue weighted by atomic mass is 9.82. The van der Waals surface area contributed by atoms with Crippen molar-refractivity contribution in [1.29, 1.82) is 0 Å².